The number of aliphatic hydroxyl groups excluding tert-OH is 1. The number of hydrogen-bond acceptors (Lipinski definition) is 8. The summed E-state index contributed by atoms with van der Waals surface area (Å²) >= 11 is 6.28. The molecule has 9 nitrogen and oxygen atoms in total. The number of anilines is 2. The number of aliphatic hydroxyl groups is 1. The quantitative estimate of drug-likeness (QED) is 0.542. The lowest BCUT2D eigenvalue weighted by molar-refractivity contribution is -0.127. The van der Waals surface area contributed by atoms with Gasteiger partial charge in [0.2, 0.25) is 0 Å². The SMILES string of the molecule is CC1CC(C)CN(c2ccc(Cl)cc2OC2(C(=O)NS(=O)(=O)c3cccc(N4CCC(O)C4)n3)CC2)C1. The molecule has 0 radical (unpaired) electrons. The summed E-state index contributed by atoms with van der Waals surface area (Å²) in [5, 5.41) is 10.0. The predicted octanol–water partition coefficient (Wildman–Crippen LogP) is 3.20. The van der Waals surface area contributed by atoms with Gasteiger partial charge in [-0.05, 0) is 48.9 Å². The van der Waals surface area contributed by atoms with E-state index in [9.17, 15) is 18.3 Å². The minimum atomic E-state index is -4.23. The number of carbonyl (C=O) groups is 1. The second-order valence-corrected chi connectivity index (χ2v) is 12.8. The number of carbonyl (C=O) groups excluding carboxylic acids is 1. The van der Waals surface area contributed by atoms with Crippen LogP contribution in [-0.2, 0) is 14.8 Å². The van der Waals surface area contributed by atoms with Crippen molar-refractivity contribution < 1.29 is 23.1 Å². The molecule has 3 aliphatic rings. The van der Waals surface area contributed by atoms with E-state index in [4.69, 9.17) is 16.3 Å². The van der Waals surface area contributed by atoms with Crippen molar-refractivity contribution in [2.45, 2.75) is 56.3 Å². The second kappa shape index (κ2) is 9.96. The Bertz CT molecular complexity index is 1280. The number of rotatable bonds is 7. The Labute approximate surface area is 222 Å². The number of nitrogens with one attached hydrogen (secondary N) is 1. The standard InChI is InChI=1S/C26H33ClN4O5S/c1-17-12-18(2)15-31(14-17)21-7-6-19(27)13-22(21)36-26(9-10-26)25(33)29-37(34,35)24-5-3-4-23(28-24)30-11-8-20(32)16-30/h3-7,13,17-18,20,32H,8-12,14-16H2,1-2H3,(H,29,33). The third-order valence-corrected chi connectivity index (χ3v) is 8.72. The zero-order chi connectivity index (χ0) is 26.4. The van der Waals surface area contributed by atoms with Gasteiger partial charge in [-0.1, -0.05) is 31.5 Å². The maximum atomic E-state index is 13.2. The van der Waals surface area contributed by atoms with E-state index in [1.807, 2.05) is 11.0 Å². The second-order valence-electron chi connectivity index (χ2n) is 10.7. The van der Waals surface area contributed by atoms with E-state index in [0.29, 0.717) is 60.8 Å². The van der Waals surface area contributed by atoms with Crippen LogP contribution in [0.4, 0.5) is 11.5 Å². The Balaban J connectivity index is 1.34. The largest absolute Gasteiger partial charge is 0.475 e. The van der Waals surface area contributed by atoms with Crippen molar-refractivity contribution in [3.63, 3.8) is 0 Å². The van der Waals surface area contributed by atoms with E-state index in [0.717, 1.165) is 25.2 Å². The average Bonchev–Trinajstić information content (AvgIpc) is 3.49. The van der Waals surface area contributed by atoms with Crippen LogP contribution in [0.2, 0.25) is 5.02 Å². The maximum absolute atomic E-state index is 13.2. The van der Waals surface area contributed by atoms with Crippen molar-refractivity contribution in [3.05, 3.63) is 41.4 Å². The molecule has 2 saturated heterocycles. The Morgan fingerprint density at radius 2 is 1.86 bits per heavy atom. The van der Waals surface area contributed by atoms with Gasteiger partial charge >= 0.3 is 0 Å². The van der Waals surface area contributed by atoms with Gasteiger partial charge in [-0.25, -0.2) is 9.71 Å². The van der Waals surface area contributed by atoms with E-state index in [2.05, 4.69) is 28.5 Å². The molecule has 1 amide bonds. The lowest BCUT2D eigenvalue weighted by atomic mass is 9.91. The highest BCUT2D eigenvalue weighted by Gasteiger charge is 2.54. The molecule has 37 heavy (non-hydrogen) atoms. The molecule has 1 saturated carbocycles. The number of ether oxygens (including phenoxy) is 1. The summed E-state index contributed by atoms with van der Waals surface area (Å²) in [6.45, 7) is 7.13. The first-order valence-electron chi connectivity index (χ1n) is 12.8. The van der Waals surface area contributed by atoms with Crippen LogP contribution in [0.5, 0.6) is 5.75 Å². The van der Waals surface area contributed by atoms with Crippen LogP contribution < -0.4 is 19.3 Å². The Morgan fingerprint density at radius 3 is 2.51 bits per heavy atom. The lowest BCUT2D eigenvalue weighted by Crippen LogP contribution is -2.44. The average molecular weight is 549 g/mol. The Hall–Kier alpha value is -2.56. The van der Waals surface area contributed by atoms with Crippen molar-refractivity contribution in [2.75, 3.05) is 36.0 Å². The molecule has 3 unspecified atom stereocenters. The molecule has 3 heterocycles. The smallest absolute Gasteiger partial charge is 0.281 e. The molecule has 2 N–H and O–H groups in total. The monoisotopic (exact) mass is 548 g/mol. The van der Waals surface area contributed by atoms with Gasteiger partial charge in [0.1, 0.15) is 11.6 Å². The third-order valence-electron chi connectivity index (χ3n) is 7.25. The summed E-state index contributed by atoms with van der Waals surface area (Å²) in [7, 11) is -4.23. The molecular weight excluding hydrogens is 516 g/mol. The number of pyridine rings is 1. The number of amides is 1. The van der Waals surface area contributed by atoms with Crippen LogP contribution in [0, 0.1) is 11.8 Å². The third kappa shape index (κ3) is 5.66. The van der Waals surface area contributed by atoms with Crippen molar-refractivity contribution in [1.29, 1.82) is 0 Å². The number of nitrogens with zero attached hydrogens (tertiary/aromatic N) is 3. The van der Waals surface area contributed by atoms with Crippen molar-refractivity contribution in [1.82, 2.24) is 9.71 Å². The number of sulfonamides is 1. The van der Waals surface area contributed by atoms with E-state index < -0.39 is 27.6 Å². The van der Waals surface area contributed by atoms with Gasteiger partial charge in [0.05, 0.1) is 11.8 Å². The first kappa shape index (κ1) is 26.1. The van der Waals surface area contributed by atoms with Crippen LogP contribution in [-0.4, -0.2) is 62.3 Å². The number of aromatic nitrogens is 1. The number of hydrogen-bond donors (Lipinski definition) is 2. The minimum Gasteiger partial charge on any atom is -0.475 e. The van der Waals surface area contributed by atoms with E-state index in [1.54, 1.807) is 24.3 Å². The number of halogens is 1. The van der Waals surface area contributed by atoms with Crippen molar-refractivity contribution in [2.24, 2.45) is 11.8 Å². The summed E-state index contributed by atoms with van der Waals surface area (Å²) < 4.78 is 34.6. The molecule has 5 rings (SSSR count). The van der Waals surface area contributed by atoms with Gasteiger partial charge < -0.3 is 19.6 Å². The lowest BCUT2D eigenvalue weighted by Gasteiger charge is -2.37. The Morgan fingerprint density at radius 1 is 1.14 bits per heavy atom. The molecule has 2 aromatic rings. The summed E-state index contributed by atoms with van der Waals surface area (Å²) in [6, 6.07) is 10.0. The molecule has 2 aliphatic heterocycles. The van der Waals surface area contributed by atoms with Gasteiger partial charge in [0.25, 0.3) is 15.9 Å². The maximum Gasteiger partial charge on any atom is 0.281 e. The highest BCUT2D eigenvalue weighted by Crippen LogP contribution is 2.45. The molecule has 1 aromatic heterocycles. The van der Waals surface area contributed by atoms with Crippen LogP contribution in [0.3, 0.4) is 0 Å². The zero-order valence-electron chi connectivity index (χ0n) is 21.1. The van der Waals surface area contributed by atoms with Gasteiger partial charge in [-0.3, -0.25) is 4.79 Å². The minimum absolute atomic E-state index is 0.254. The molecule has 200 valence electrons. The van der Waals surface area contributed by atoms with E-state index in [-0.39, 0.29) is 5.03 Å². The molecule has 3 fully saturated rings. The molecule has 1 aromatic carbocycles. The van der Waals surface area contributed by atoms with Gasteiger partial charge in [0.15, 0.2) is 10.6 Å². The number of benzene rings is 1. The fraction of sp³-hybridized carbons (Fsp3) is 0.538. The fourth-order valence-electron chi connectivity index (χ4n) is 5.34. The normalized spacial score (nSPS) is 25.1. The zero-order valence-corrected chi connectivity index (χ0v) is 22.6. The van der Waals surface area contributed by atoms with Crippen LogP contribution in [0.15, 0.2) is 41.4 Å². The van der Waals surface area contributed by atoms with E-state index in [1.165, 1.54) is 6.07 Å². The van der Waals surface area contributed by atoms with Crippen LogP contribution in [0.1, 0.15) is 39.5 Å². The highest BCUT2D eigenvalue weighted by atomic mass is 35.5. The van der Waals surface area contributed by atoms with Crippen molar-refractivity contribution in [3.8, 4) is 5.75 Å². The van der Waals surface area contributed by atoms with Crippen molar-refractivity contribution >= 4 is 39.0 Å². The topological polar surface area (TPSA) is 112 Å². The Kier molecular flexibility index (Phi) is 7.02. The molecule has 11 heteroatoms. The van der Waals surface area contributed by atoms with Crippen LogP contribution >= 0.6 is 11.6 Å². The first-order valence-corrected chi connectivity index (χ1v) is 14.6. The van der Waals surface area contributed by atoms with Gasteiger partial charge in [0, 0.05) is 50.1 Å². The number of β-amino-alcohol motifs (C(OH)–C–C–N with tert-alkyl or cyclic N) is 1. The molecule has 3 atom stereocenters. The molecule has 1 aliphatic carbocycles. The van der Waals surface area contributed by atoms with Gasteiger partial charge in [-0.2, -0.15) is 8.42 Å². The molecular formula is C26H33ClN4O5S. The molecule has 0 bridgehead atoms. The summed E-state index contributed by atoms with van der Waals surface area (Å²) in [4.78, 5) is 21.6. The van der Waals surface area contributed by atoms with Gasteiger partial charge in [-0.15, -0.1) is 0 Å². The summed E-state index contributed by atoms with van der Waals surface area (Å²) in [5.74, 6) is 1.23. The summed E-state index contributed by atoms with van der Waals surface area (Å²) in [6.07, 6.45) is 2.06. The van der Waals surface area contributed by atoms with Crippen LogP contribution in [0.25, 0.3) is 0 Å². The number of piperidine rings is 1. The predicted molar refractivity (Wildman–Crippen MR) is 142 cm³/mol. The fourth-order valence-corrected chi connectivity index (χ4v) is 6.51. The van der Waals surface area contributed by atoms with E-state index >= 15 is 0 Å². The first-order chi connectivity index (χ1) is 17.5. The highest BCUT2D eigenvalue weighted by molar-refractivity contribution is 7.90. The summed E-state index contributed by atoms with van der Waals surface area (Å²) in [5.41, 5.74) is -0.428. The molecule has 0 spiro atoms.